The molecule has 1 rings (SSSR count). The smallest absolute Gasteiger partial charge is 0.328 e. The van der Waals surface area contributed by atoms with Crippen molar-refractivity contribution in [2.24, 2.45) is 0 Å². The quantitative estimate of drug-likeness (QED) is 0.640. The number of hydrogen-bond acceptors (Lipinski definition) is 2. The van der Waals surface area contributed by atoms with E-state index in [9.17, 15) is 4.79 Å². The van der Waals surface area contributed by atoms with Gasteiger partial charge < -0.3 is 10.0 Å². The molecule has 0 fully saturated rings. The number of benzene rings is 1. The zero-order chi connectivity index (χ0) is 13.7. The van der Waals surface area contributed by atoms with Gasteiger partial charge in [-0.15, -0.1) is 0 Å². The van der Waals surface area contributed by atoms with Gasteiger partial charge in [-0.2, -0.15) is 0 Å². The molecule has 0 aliphatic heterocycles. The molecule has 0 aromatic heterocycles. The van der Waals surface area contributed by atoms with Crippen LogP contribution in [0.25, 0.3) is 6.08 Å². The first-order chi connectivity index (χ1) is 8.40. The van der Waals surface area contributed by atoms with Crippen LogP contribution in [0.1, 0.15) is 18.1 Å². The highest BCUT2D eigenvalue weighted by molar-refractivity contribution is 5.87. The Hall–Kier alpha value is -2.03. The molecule has 1 aromatic carbocycles. The van der Waals surface area contributed by atoms with Crippen molar-refractivity contribution in [2.75, 3.05) is 18.5 Å². The van der Waals surface area contributed by atoms with Crippen LogP contribution in [0.2, 0.25) is 0 Å². The fourth-order valence-electron chi connectivity index (χ4n) is 1.81. The summed E-state index contributed by atoms with van der Waals surface area (Å²) < 4.78 is 0. The Morgan fingerprint density at radius 2 is 2.17 bits per heavy atom. The number of carboxylic acid groups (broad SMARTS) is 1. The first-order valence-corrected chi connectivity index (χ1v) is 5.77. The number of anilines is 1. The summed E-state index contributed by atoms with van der Waals surface area (Å²) in [6.45, 7) is 8.59. The number of carbonyl (C=O) groups is 1. The van der Waals surface area contributed by atoms with Crippen molar-refractivity contribution >= 4 is 17.7 Å². The molecular formula is C15H19NO2. The van der Waals surface area contributed by atoms with E-state index in [1.807, 2.05) is 39.1 Å². The third-order valence-corrected chi connectivity index (χ3v) is 2.51. The zero-order valence-electron chi connectivity index (χ0n) is 11.1. The van der Waals surface area contributed by atoms with E-state index in [2.05, 4.69) is 11.5 Å². The average Bonchev–Trinajstić information content (AvgIpc) is 2.25. The molecule has 0 atom stereocenters. The maximum Gasteiger partial charge on any atom is 0.328 e. The Morgan fingerprint density at radius 1 is 1.50 bits per heavy atom. The number of rotatable bonds is 5. The van der Waals surface area contributed by atoms with Gasteiger partial charge in [0.15, 0.2) is 0 Å². The minimum absolute atomic E-state index is 0.747. The molecule has 0 aliphatic carbocycles. The summed E-state index contributed by atoms with van der Waals surface area (Å²) in [4.78, 5) is 12.7. The lowest BCUT2D eigenvalue weighted by atomic mass is 10.1. The Kier molecular flexibility index (Phi) is 4.72. The second-order valence-electron chi connectivity index (χ2n) is 4.55. The molecule has 0 spiro atoms. The van der Waals surface area contributed by atoms with Gasteiger partial charge in [-0.1, -0.05) is 23.8 Å². The highest BCUT2D eigenvalue weighted by Gasteiger charge is 2.06. The Bertz CT molecular complexity index is 489. The van der Waals surface area contributed by atoms with Crippen LogP contribution in [0.5, 0.6) is 0 Å². The molecular weight excluding hydrogens is 226 g/mol. The summed E-state index contributed by atoms with van der Waals surface area (Å²) in [5.74, 6) is -0.940. The van der Waals surface area contributed by atoms with E-state index in [1.54, 1.807) is 6.08 Å². The van der Waals surface area contributed by atoms with Gasteiger partial charge in [0, 0.05) is 25.4 Å². The molecule has 1 aromatic rings. The number of hydrogen-bond donors (Lipinski definition) is 1. The number of aryl methyl sites for hydroxylation is 1. The molecule has 0 heterocycles. The lowest BCUT2D eigenvalue weighted by molar-refractivity contribution is -0.131. The van der Waals surface area contributed by atoms with Crippen LogP contribution in [-0.2, 0) is 4.79 Å². The second-order valence-corrected chi connectivity index (χ2v) is 4.55. The lowest BCUT2D eigenvalue weighted by Gasteiger charge is -2.22. The van der Waals surface area contributed by atoms with E-state index in [0.717, 1.165) is 35.0 Å². The van der Waals surface area contributed by atoms with Crippen molar-refractivity contribution in [1.82, 2.24) is 0 Å². The maximum absolute atomic E-state index is 10.6. The summed E-state index contributed by atoms with van der Waals surface area (Å²) in [7, 11) is 1.97. The molecule has 96 valence electrons. The van der Waals surface area contributed by atoms with Crippen molar-refractivity contribution in [3.05, 3.63) is 47.6 Å². The molecule has 3 heteroatoms. The van der Waals surface area contributed by atoms with Gasteiger partial charge >= 0.3 is 5.97 Å². The van der Waals surface area contributed by atoms with Crippen molar-refractivity contribution in [1.29, 1.82) is 0 Å². The first-order valence-electron chi connectivity index (χ1n) is 5.77. The number of carboxylic acids is 1. The minimum atomic E-state index is -0.940. The fourth-order valence-corrected chi connectivity index (χ4v) is 1.81. The molecule has 3 nitrogen and oxygen atoms in total. The summed E-state index contributed by atoms with van der Waals surface area (Å²) in [5, 5.41) is 8.70. The molecule has 18 heavy (non-hydrogen) atoms. The molecule has 1 N–H and O–H groups in total. The van der Waals surface area contributed by atoms with E-state index in [0.29, 0.717) is 0 Å². The summed E-state index contributed by atoms with van der Waals surface area (Å²) in [6, 6.07) is 5.99. The number of likely N-dealkylation sites (N-methyl/N-ethyl adjacent to an activating group) is 1. The summed E-state index contributed by atoms with van der Waals surface area (Å²) >= 11 is 0. The molecule has 0 unspecified atom stereocenters. The van der Waals surface area contributed by atoms with Crippen LogP contribution in [-0.4, -0.2) is 24.7 Å². The van der Waals surface area contributed by atoms with Gasteiger partial charge in [-0.3, -0.25) is 0 Å². The largest absolute Gasteiger partial charge is 0.478 e. The number of aliphatic carboxylic acids is 1. The standard InChI is InChI=1S/C15H19NO2/c1-11(2)10-16(4)14-7-5-12(3)9-13(14)6-8-15(17)18/h5-9H,1,10H2,2-4H3,(H,17,18)/b8-6+. The fraction of sp³-hybridized carbons (Fsp3) is 0.267. The monoisotopic (exact) mass is 245 g/mol. The van der Waals surface area contributed by atoms with E-state index in [4.69, 9.17) is 5.11 Å². The maximum atomic E-state index is 10.6. The Morgan fingerprint density at radius 3 is 2.72 bits per heavy atom. The molecule has 0 bridgehead atoms. The summed E-state index contributed by atoms with van der Waals surface area (Å²) in [6.07, 6.45) is 2.78. The van der Waals surface area contributed by atoms with Gasteiger partial charge in [0.05, 0.1) is 0 Å². The van der Waals surface area contributed by atoms with Crippen LogP contribution in [0.15, 0.2) is 36.4 Å². The average molecular weight is 245 g/mol. The minimum Gasteiger partial charge on any atom is -0.478 e. The molecule has 0 saturated carbocycles. The predicted molar refractivity (Wildman–Crippen MR) is 75.9 cm³/mol. The van der Waals surface area contributed by atoms with Gasteiger partial charge in [-0.25, -0.2) is 4.79 Å². The van der Waals surface area contributed by atoms with Crippen molar-refractivity contribution in [2.45, 2.75) is 13.8 Å². The Balaban J connectivity index is 3.10. The third-order valence-electron chi connectivity index (χ3n) is 2.51. The summed E-state index contributed by atoms with van der Waals surface area (Å²) in [5.41, 5.74) is 4.07. The van der Waals surface area contributed by atoms with Gasteiger partial charge in [0.1, 0.15) is 0 Å². The first kappa shape index (κ1) is 14.0. The lowest BCUT2D eigenvalue weighted by Crippen LogP contribution is -2.19. The van der Waals surface area contributed by atoms with E-state index >= 15 is 0 Å². The van der Waals surface area contributed by atoms with Crippen LogP contribution < -0.4 is 4.90 Å². The SMILES string of the molecule is C=C(C)CN(C)c1ccc(C)cc1/C=C/C(=O)O. The van der Waals surface area contributed by atoms with Gasteiger partial charge in [0.2, 0.25) is 0 Å². The van der Waals surface area contributed by atoms with Crippen LogP contribution in [0.3, 0.4) is 0 Å². The van der Waals surface area contributed by atoms with E-state index in [1.165, 1.54) is 0 Å². The van der Waals surface area contributed by atoms with Crippen molar-refractivity contribution in [3.63, 3.8) is 0 Å². The highest BCUT2D eigenvalue weighted by atomic mass is 16.4. The Labute approximate surface area is 108 Å². The van der Waals surface area contributed by atoms with Crippen LogP contribution in [0.4, 0.5) is 5.69 Å². The normalized spacial score (nSPS) is 10.6. The van der Waals surface area contributed by atoms with Crippen LogP contribution >= 0.6 is 0 Å². The molecule has 0 amide bonds. The molecule has 0 aliphatic rings. The molecule has 0 saturated heterocycles. The van der Waals surface area contributed by atoms with Crippen molar-refractivity contribution < 1.29 is 9.90 Å². The molecule has 0 radical (unpaired) electrons. The zero-order valence-corrected chi connectivity index (χ0v) is 11.1. The number of nitrogens with zero attached hydrogens (tertiary/aromatic N) is 1. The van der Waals surface area contributed by atoms with Crippen molar-refractivity contribution in [3.8, 4) is 0 Å². The highest BCUT2D eigenvalue weighted by Crippen LogP contribution is 2.23. The van der Waals surface area contributed by atoms with Gasteiger partial charge in [0.25, 0.3) is 0 Å². The van der Waals surface area contributed by atoms with Gasteiger partial charge in [-0.05, 0) is 37.6 Å². The second kappa shape index (κ2) is 6.05. The van der Waals surface area contributed by atoms with Crippen LogP contribution in [0, 0.1) is 6.92 Å². The predicted octanol–water partition coefficient (Wildman–Crippen LogP) is 3.11. The third kappa shape index (κ3) is 4.09. The van der Waals surface area contributed by atoms with E-state index < -0.39 is 5.97 Å². The topological polar surface area (TPSA) is 40.5 Å². The van der Waals surface area contributed by atoms with E-state index in [-0.39, 0.29) is 0 Å².